The first kappa shape index (κ1) is 15.7. The maximum absolute atomic E-state index is 13.5. The van der Waals surface area contributed by atoms with E-state index in [1.165, 1.54) is 6.20 Å². The van der Waals surface area contributed by atoms with Crippen molar-refractivity contribution in [2.45, 2.75) is 6.54 Å². The van der Waals surface area contributed by atoms with Gasteiger partial charge in [0.05, 0.1) is 17.7 Å². The number of hydrogen-bond acceptors (Lipinski definition) is 5. The molecule has 0 bridgehead atoms. The smallest absolute Gasteiger partial charge is 0.254 e. The lowest BCUT2D eigenvalue weighted by Gasteiger charge is -2.04. The fourth-order valence-corrected chi connectivity index (χ4v) is 1.88. The van der Waals surface area contributed by atoms with E-state index in [4.69, 9.17) is 4.42 Å². The Morgan fingerprint density at radius 3 is 2.71 bits per heavy atom. The highest BCUT2D eigenvalue weighted by atomic mass is 19.2. The van der Waals surface area contributed by atoms with E-state index >= 15 is 0 Å². The predicted molar refractivity (Wildman–Crippen MR) is 75.0 cm³/mol. The van der Waals surface area contributed by atoms with Crippen LogP contribution in [0.2, 0.25) is 0 Å². The fraction of sp³-hybridized carbons (Fsp3) is 0.0667. The van der Waals surface area contributed by atoms with Crippen LogP contribution < -0.4 is 5.32 Å². The molecule has 9 heteroatoms. The molecule has 3 rings (SSSR count). The van der Waals surface area contributed by atoms with E-state index < -0.39 is 28.9 Å². The van der Waals surface area contributed by atoms with Crippen LogP contribution in [-0.2, 0) is 6.54 Å². The summed E-state index contributed by atoms with van der Waals surface area (Å²) >= 11 is 0. The molecule has 0 saturated heterocycles. The highest BCUT2D eigenvalue weighted by Gasteiger charge is 2.19. The van der Waals surface area contributed by atoms with Crippen molar-refractivity contribution in [3.05, 3.63) is 65.6 Å². The minimum atomic E-state index is -1.71. The predicted octanol–water partition coefficient (Wildman–Crippen LogP) is 2.48. The van der Waals surface area contributed by atoms with Gasteiger partial charge in [0.25, 0.3) is 5.91 Å². The Morgan fingerprint density at radius 1 is 1.12 bits per heavy atom. The summed E-state index contributed by atoms with van der Waals surface area (Å²) in [6, 6.07) is 4.91. The summed E-state index contributed by atoms with van der Waals surface area (Å²) in [5.41, 5.74) is -0.0323. The molecule has 24 heavy (non-hydrogen) atoms. The minimum absolute atomic E-state index is 0.0604. The number of benzene rings is 1. The molecule has 1 aromatic carbocycles. The van der Waals surface area contributed by atoms with Gasteiger partial charge in [0.2, 0.25) is 11.8 Å². The maximum Gasteiger partial charge on any atom is 0.254 e. The Morgan fingerprint density at radius 2 is 1.96 bits per heavy atom. The SMILES string of the molecule is O=C(NCc1nnc(-c2cccnc2)o1)c1ccc(F)c(F)c1F. The van der Waals surface area contributed by atoms with Crippen LogP contribution in [0.3, 0.4) is 0 Å². The van der Waals surface area contributed by atoms with E-state index in [-0.39, 0.29) is 18.3 Å². The summed E-state index contributed by atoms with van der Waals surface area (Å²) in [6.07, 6.45) is 3.10. The van der Waals surface area contributed by atoms with Crippen LogP contribution >= 0.6 is 0 Å². The van der Waals surface area contributed by atoms with Gasteiger partial charge in [-0.15, -0.1) is 10.2 Å². The number of nitrogens with one attached hydrogen (secondary N) is 1. The van der Waals surface area contributed by atoms with Crippen molar-refractivity contribution in [3.8, 4) is 11.5 Å². The highest BCUT2D eigenvalue weighted by Crippen LogP contribution is 2.17. The summed E-state index contributed by atoms with van der Waals surface area (Å²) in [5, 5.41) is 9.80. The summed E-state index contributed by atoms with van der Waals surface area (Å²) < 4.78 is 44.8. The van der Waals surface area contributed by atoms with E-state index in [1.807, 2.05) is 0 Å². The second-order valence-electron chi connectivity index (χ2n) is 4.65. The molecule has 0 aliphatic heterocycles. The molecular formula is C15H9F3N4O2. The van der Waals surface area contributed by atoms with Crippen LogP contribution in [0.1, 0.15) is 16.2 Å². The van der Waals surface area contributed by atoms with E-state index in [0.717, 1.165) is 6.07 Å². The second-order valence-corrected chi connectivity index (χ2v) is 4.65. The van der Waals surface area contributed by atoms with Crippen LogP contribution in [0.15, 0.2) is 41.1 Å². The Balaban J connectivity index is 1.69. The van der Waals surface area contributed by atoms with Crippen LogP contribution in [0.5, 0.6) is 0 Å². The van der Waals surface area contributed by atoms with Crippen molar-refractivity contribution in [2.24, 2.45) is 0 Å². The van der Waals surface area contributed by atoms with Gasteiger partial charge in [0.1, 0.15) is 0 Å². The Labute approximate surface area is 133 Å². The van der Waals surface area contributed by atoms with Gasteiger partial charge in [0, 0.05) is 12.4 Å². The van der Waals surface area contributed by atoms with E-state index in [2.05, 4.69) is 20.5 Å². The Kier molecular flexibility index (Phi) is 4.23. The van der Waals surface area contributed by atoms with E-state index in [9.17, 15) is 18.0 Å². The molecule has 0 unspecified atom stereocenters. The third kappa shape index (κ3) is 3.09. The van der Waals surface area contributed by atoms with E-state index in [1.54, 1.807) is 18.3 Å². The molecule has 1 N–H and O–H groups in total. The molecule has 6 nitrogen and oxygen atoms in total. The van der Waals surface area contributed by atoms with Crippen LogP contribution in [0.4, 0.5) is 13.2 Å². The van der Waals surface area contributed by atoms with Gasteiger partial charge in [-0.25, -0.2) is 13.2 Å². The number of carbonyl (C=O) groups excluding carboxylic acids is 1. The molecule has 122 valence electrons. The van der Waals surface area contributed by atoms with Crippen molar-refractivity contribution >= 4 is 5.91 Å². The number of carbonyl (C=O) groups is 1. The number of aromatic nitrogens is 3. The molecule has 0 fully saturated rings. The zero-order chi connectivity index (χ0) is 17.1. The normalized spacial score (nSPS) is 10.6. The number of pyridine rings is 1. The summed E-state index contributed by atoms with van der Waals surface area (Å²) in [4.78, 5) is 15.7. The van der Waals surface area contributed by atoms with Gasteiger partial charge >= 0.3 is 0 Å². The van der Waals surface area contributed by atoms with Crippen molar-refractivity contribution < 1.29 is 22.4 Å². The van der Waals surface area contributed by atoms with Gasteiger partial charge < -0.3 is 9.73 Å². The lowest BCUT2D eigenvalue weighted by Crippen LogP contribution is -2.24. The summed E-state index contributed by atoms with van der Waals surface area (Å²) in [6.45, 7) is -0.204. The van der Waals surface area contributed by atoms with Crippen LogP contribution in [0.25, 0.3) is 11.5 Å². The van der Waals surface area contributed by atoms with Crippen molar-refractivity contribution in [2.75, 3.05) is 0 Å². The Hall–Kier alpha value is -3.23. The molecule has 0 spiro atoms. The summed E-state index contributed by atoms with van der Waals surface area (Å²) in [5.74, 6) is -5.32. The zero-order valence-corrected chi connectivity index (χ0v) is 12.0. The first-order chi connectivity index (χ1) is 11.6. The number of halogens is 3. The highest BCUT2D eigenvalue weighted by molar-refractivity contribution is 5.94. The molecule has 0 aliphatic rings. The average Bonchev–Trinajstić information content (AvgIpc) is 3.07. The fourth-order valence-electron chi connectivity index (χ4n) is 1.88. The number of amides is 1. The van der Waals surface area contributed by atoms with Gasteiger partial charge in [-0.3, -0.25) is 9.78 Å². The van der Waals surface area contributed by atoms with Gasteiger partial charge in [-0.2, -0.15) is 0 Å². The zero-order valence-electron chi connectivity index (χ0n) is 12.0. The third-order valence-electron chi connectivity index (χ3n) is 3.06. The van der Waals surface area contributed by atoms with Gasteiger partial charge in [-0.1, -0.05) is 0 Å². The van der Waals surface area contributed by atoms with Crippen LogP contribution in [-0.4, -0.2) is 21.1 Å². The van der Waals surface area contributed by atoms with Crippen LogP contribution in [0, 0.1) is 17.5 Å². The molecule has 0 aliphatic carbocycles. The monoisotopic (exact) mass is 334 g/mol. The molecule has 2 heterocycles. The molecular weight excluding hydrogens is 325 g/mol. The topological polar surface area (TPSA) is 80.9 Å². The van der Waals surface area contributed by atoms with Crippen molar-refractivity contribution in [3.63, 3.8) is 0 Å². The minimum Gasteiger partial charge on any atom is -0.419 e. The Bertz CT molecular complexity index is 884. The van der Waals surface area contributed by atoms with Crippen molar-refractivity contribution in [1.82, 2.24) is 20.5 Å². The second kappa shape index (κ2) is 6.49. The number of rotatable bonds is 4. The molecule has 1 amide bonds. The molecule has 2 aromatic heterocycles. The molecule has 0 saturated carbocycles. The summed E-state index contributed by atoms with van der Waals surface area (Å²) in [7, 11) is 0. The molecule has 3 aromatic rings. The lowest BCUT2D eigenvalue weighted by atomic mass is 10.2. The number of nitrogens with zero attached hydrogens (tertiary/aromatic N) is 3. The molecule has 0 radical (unpaired) electrons. The maximum atomic E-state index is 13.5. The lowest BCUT2D eigenvalue weighted by molar-refractivity contribution is 0.0942. The first-order valence-corrected chi connectivity index (χ1v) is 6.70. The molecule has 0 atom stereocenters. The average molecular weight is 334 g/mol. The van der Waals surface area contributed by atoms with E-state index in [0.29, 0.717) is 11.6 Å². The third-order valence-corrected chi connectivity index (χ3v) is 3.06. The quantitative estimate of drug-likeness (QED) is 0.742. The number of hydrogen-bond donors (Lipinski definition) is 1. The largest absolute Gasteiger partial charge is 0.419 e. The van der Waals surface area contributed by atoms with Gasteiger partial charge in [-0.05, 0) is 24.3 Å². The van der Waals surface area contributed by atoms with Gasteiger partial charge in [0.15, 0.2) is 17.5 Å². The first-order valence-electron chi connectivity index (χ1n) is 6.70. The van der Waals surface area contributed by atoms with Crippen molar-refractivity contribution in [1.29, 1.82) is 0 Å². The standard InChI is InChI=1S/C15H9F3N4O2/c16-10-4-3-9(12(17)13(10)18)14(23)20-7-11-21-22-15(24-11)8-2-1-5-19-6-8/h1-6H,7H2,(H,20,23).